The molecule has 1 aliphatic rings. The Kier molecular flexibility index (Phi) is 5.60. The van der Waals surface area contributed by atoms with Crippen molar-refractivity contribution in [1.82, 2.24) is 14.8 Å². The van der Waals surface area contributed by atoms with Crippen molar-refractivity contribution in [2.24, 2.45) is 0 Å². The molecule has 0 aliphatic heterocycles. The number of aryl methyl sites for hydroxylation is 2. The molecule has 1 atom stereocenters. The summed E-state index contributed by atoms with van der Waals surface area (Å²) in [6.45, 7) is 7.51. The van der Waals surface area contributed by atoms with Crippen LogP contribution in [0.15, 0.2) is 30.9 Å². The number of pyridine rings is 1. The minimum Gasteiger partial charge on any atom is -0.388 e. The zero-order chi connectivity index (χ0) is 19.6. The van der Waals surface area contributed by atoms with E-state index in [1.807, 2.05) is 19.9 Å². The van der Waals surface area contributed by atoms with Crippen molar-refractivity contribution in [2.75, 3.05) is 5.32 Å². The molecular formula is C20H26F2N4O. The van der Waals surface area contributed by atoms with Gasteiger partial charge in [0, 0.05) is 24.6 Å². The van der Waals surface area contributed by atoms with Crippen LogP contribution in [0.4, 0.5) is 14.6 Å². The molecule has 0 spiro atoms. The molecule has 1 fully saturated rings. The van der Waals surface area contributed by atoms with Crippen LogP contribution in [-0.4, -0.2) is 31.8 Å². The first-order valence-corrected chi connectivity index (χ1v) is 9.26. The van der Waals surface area contributed by atoms with E-state index < -0.39 is 12.0 Å². The summed E-state index contributed by atoms with van der Waals surface area (Å²) in [5, 5.41) is 18.1. The number of aromatic nitrogens is 3. The fraction of sp³-hybridized carbons (Fsp3) is 0.500. The van der Waals surface area contributed by atoms with Gasteiger partial charge in [-0.3, -0.25) is 0 Å². The van der Waals surface area contributed by atoms with Crippen LogP contribution in [0.1, 0.15) is 55.2 Å². The lowest BCUT2D eigenvalue weighted by Crippen LogP contribution is -2.32. The molecule has 0 aromatic carbocycles. The summed E-state index contributed by atoms with van der Waals surface area (Å²) in [5.74, 6) is -1.42. The van der Waals surface area contributed by atoms with E-state index >= 15 is 0 Å². The highest BCUT2D eigenvalue weighted by Gasteiger charge is 2.35. The zero-order valence-corrected chi connectivity index (χ0v) is 15.8. The molecule has 3 rings (SSSR count). The molecule has 1 saturated carbocycles. The van der Waals surface area contributed by atoms with E-state index in [1.165, 1.54) is 0 Å². The number of hydrogen-bond acceptors (Lipinski definition) is 4. The van der Waals surface area contributed by atoms with Crippen molar-refractivity contribution in [1.29, 1.82) is 0 Å². The van der Waals surface area contributed by atoms with E-state index in [2.05, 4.69) is 22.0 Å². The zero-order valence-electron chi connectivity index (χ0n) is 15.8. The van der Waals surface area contributed by atoms with Crippen LogP contribution in [0.25, 0.3) is 5.82 Å². The lowest BCUT2D eigenvalue weighted by molar-refractivity contribution is -0.0361. The fourth-order valence-electron chi connectivity index (χ4n) is 3.46. The number of halogens is 2. The van der Waals surface area contributed by atoms with Gasteiger partial charge >= 0.3 is 0 Å². The van der Waals surface area contributed by atoms with Crippen LogP contribution in [0.2, 0.25) is 0 Å². The highest BCUT2D eigenvalue weighted by Crippen LogP contribution is 2.34. The first-order chi connectivity index (χ1) is 12.8. The van der Waals surface area contributed by atoms with Crippen molar-refractivity contribution in [3.05, 3.63) is 47.8 Å². The number of alkyl halides is 2. The van der Waals surface area contributed by atoms with Gasteiger partial charge in [-0.25, -0.2) is 18.4 Å². The molecular weight excluding hydrogens is 350 g/mol. The average molecular weight is 376 g/mol. The van der Waals surface area contributed by atoms with E-state index in [0.29, 0.717) is 36.5 Å². The molecule has 2 aromatic heterocycles. The maximum absolute atomic E-state index is 13.4. The van der Waals surface area contributed by atoms with Crippen molar-refractivity contribution in [3.8, 4) is 5.82 Å². The molecule has 0 bridgehead atoms. The quantitative estimate of drug-likeness (QED) is 0.730. The van der Waals surface area contributed by atoms with Crippen molar-refractivity contribution < 1.29 is 13.9 Å². The predicted molar refractivity (Wildman–Crippen MR) is 101 cm³/mol. The topological polar surface area (TPSA) is 63.0 Å². The Morgan fingerprint density at radius 1 is 1.33 bits per heavy atom. The third-order valence-corrected chi connectivity index (χ3v) is 4.90. The molecule has 0 radical (unpaired) electrons. The average Bonchev–Trinajstić information content (AvgIpc) is 2.95. The van der Waals surface area contributed by atoms with Crippen LogP contribution in [0.3, 0.4) is 0 Å². The van der Waals surface area contributed by atoms with E-state index in [9.17, 15) is 13.9 Å². The molecule has 146 valence electrons. The largest absolute Gasteiger partial charge is 0.388 e. The van der Waals surface area contributed by atoms with Gasteiger partial charge in [-0.2, -0.15) is 5.10 Å². The van der Waals surface area contributed by atoms with Crippen LogP contribution < -0.4 is 5.32 Å². The molecule has 2 heterocycles. The molecule has 2 aromatic rings. The van der Waals surface area contributed by atoms with Gasteiger partial charge in [0.2, 0.25) is 5.92 Å². The third-order valence-electron chi connectivity index (χ3n) is 4.90. The number of nitrogens with zero attached hydrogens (tertiary/aromatic N) is 3. The van der Waals surface area contributed by atoms with Crippen LogP contribution in [0.5, 0.6) is 0 Å². The Morgan fingerprint density at radius 2 is 2.04 bits per heavy atom. The van der Waals surface area contributed by atoms with Crippen molar-refractivity contribution >= 4 is 5.82 Å². The molecule has 5 nitrogen and oxygen atoms in total. The number of hydrogen-bond donors (Lipinski definition) is 2. The van der Waals surface area contributed by atoms with Gasteiger partial charge in [0.05, 0.1) is 11.8 Å². The predicted octanol–water partition coefficient (Wildman–Crippen LogP) is 4.48. The van der Waals surface area contributed by atoms with Gasteiger partial charge < -0.3 is 10.4 Å². The third kappa shape index (κ3) is 4.71. The summed E-state index contributed by atoms with van der Waals surface area (Å²) < 4.78 is 28.5. The van der Waals surface area contributed by atoms with E-state index in [4.69, 9.17) is 0 Å². The highest BCUT2D eigenvalue weighted by molar-refractivity contribution is 5.46. The van der Waals surface area contributed by atoms with Crippen LogP contribution in [-0.2, 0) is 0 Å². The van der Waals surface area contributed by atoms with E-state index in [1.54, 1.807) is 22.9 Å². The minimum absolute atomic E-state index is 0.0581. The summed E-state index contributed by atoms with van der Waals surface area (Å²) in [6.07, 6.45) is 1.91. The van der Waals surface area contributed by atoms with E-state index in [-0.39, 0.29) is 18.9 Å². The highest BCUT2D eigenvalue weighted by atomic mass is 19.3. The maximum atomic E-state index is 13.4. The summed E-state index contributed by atoms with van der Waals surface area (Å²) in [5.41, 5.74) is 2.49. The lowest BCUT2D eigenvalue weighted by atomic mass is 9.92. The van der Waals surface area contributed by atoms with Crippen molar-refractivity contribution in [2.45, 2.75) is 64.0 Å². The van der Waals surface area contributed by atoms with Gasteiger partial charge in [-0.1, -0.05) is 6.08 Å². The van der Waals surface area contributed by atoms with Crippen molar-refractivity contribution in [3.63, 3.8) is 0 Å². The smallest absolute Gasteiger partial charge is 0.248 e. The number of aliphatic hydroxyl groups is 1. The number of aliphatic hydroxyl groups excluding tert-OH is 1. The summed E-state index contributed by atoms with van der Waals surface area (Å²) in [4.78, 5) is 4.62. The Balaban J connectivity index is 1.90. The first-order valence-electron chi connectivity index (χ1n) is 9.26. The Morgan fingerprint density at radius 3 is 2.63 bits per heavy atom. The fourth-order valence-corrected chi connectivity index (χ4v) is 3.46. The van der Waals surface area contributed by atoms with Gasteiger partial charge in [-0.15, -0.1) is 6.58 Å². The Hall–Kier alpha value is -2.28. The SMILES string of the molecule is C=CCC(O)c1cc(NC2CCC(F)(F)CC2)nc(-n2nc(C)cc2C)c1. The maximum Gasteiger partial charge on any atom is 0.248 e. The van der Waals surface area contributed by atoms with Gasteiger partial charge in [0.15, 0.2) is 5.82 Å². The molecule has 1 aliphatic carbocycles. The molecule has 27 heavy (non-hydrogen) atoms. The number of anilines is 1. The van der Waals surface area contributed by atoms with E-state index in [0.717, 1.165) is 11.4 Å². The van der Waals surface area contributed by atoms with Crippen LogP contribution in [0, 0.1) is 13.8 Å². The van der Waals surface area contributed by atoms with Gasteiger partial charge in [0.25, 0.3) is 0 Å². The monoisotopic (exact) mass is 376 g/mol. The molecule has 0 saturated heterocycles. The van der Waals surface area contributed by atoms with Gasteiger partial charge in [0.1, 0.15) is 5.82 Å². The first kappa shape index (κ1) is 19.5. The summed E-state index contributed by atoms with van der Waals surface area (Å²) >= 11 is 0. The molecule has 1 unspecified atom stereocenters. The Labute approximate surface area is 158 Å². The number of nitrogens with one attached hydrogen (secondary N) is 1. The minimum atomic E-state index is -2.57. The molecule has 7 heteroatoms. The summed E-state index contributed by atoms with van der Waals surface area (Å²) in [6, 6.07) is 5.46. The lowest BCUT2D eigenvalue weighted by Gasteiger charge is -2.29. The normalized spacial score (nSPS) is 18.3. The summed E-state index contributed by atoms with van der Waals surface area (Å²) in [7, 11) is 0. The second-order valence-corrected chi connectivity index (χ2v) is 7.30. The molecule has 2 N–H and O–H groups in total. The van der Waals surface area contributed by atoms with Gasteiger partial charge in [-0.05, 0) is 56.9 Å². The van der Waals surface area contributed by atoms with Crippen LogP contribution >= 0.6 is 0 Å². The second-order valence-electron chi connectivity index (χ2n) is 7.30. The standard InChI is InChI=1S/C20H26F2N4O/c1-4-5-17(27)15-11-18(23-16-6-8-20(21,22)9-7-16)24-19(12-15)26-14(3)10-13(2)25-26/h4,10-12,16-17,27H,1,5-9H2,2-3H3,(H,23,24). The number of rotatable bonds is 6. The second kappa shape index (κ2) is 7.76. The molecule has 0 amide bonds. The Bertz CT molecular complexity index is 808.